The molecule has 0 atom stereocenters. The molecule has 0 radical (unpaired) electrons. The van der Waals surface area contributed by atoms with E-state index in [1.165, 1.54) is 11.3 Å². The summed E-state index contributed by atoms with van der Waals surface area (Å²) in [4.78, 5) is 23.7. The van der Waals surface area contributed by atoms with Crippen LogP contribution in [-0.4, -0.2) is 25.0 Å². The van der Waals surface area contributed by atoms with Gasteiger partial charge in [0.05, 0.1) is 6.61 Å². The summed E-state index contributed by atoms with van der Waals surface area (Å²) < 4.78 is 5.95. The van der Waals surface area contributed by atoms with Crippen LogP contribution in [0.5, 0.6) is 0 Å². The van der Waals surface area contributed by atoms with E-state index in [0.29, 0.717) is 23.7 Å². The van der Waals surface area contributed by atoms with Crippen molar-refractivity contribution in [2.45, 2.75) is 13.3 Å². The van der Waals surface area contributed by atoms with Crippen LogP contribution in [0.2, 0.25) is 0 Å². The second-order valence-electron chi connectivity index (χ2n) is 4.17. The Bertz CT molecular complexity index is 642. The van der Waals surface area contributed by atoms with Crippen LogP contribution in [0.25, 0.3) is 10.1 Å². The predicted octanol–water partition coefficient (Wildman–Crippen LogP) is 2.79. The molecule has 2 aromatic rings. The van der Waals surface area contributed by atoms with Gasteiger partial charge in [0.15, 0.2) is 0 Å². The Morgan fingerprint density at radius 3 is 2.76 bits per heavy atom. The average molecular weight is 329 g/mol. The molecule has 1 aromatic carbocycles. The number of hydrogen-bond acceptors (Lipinski definition) is 5. The number of fused-ring (bicyclic) bond motifs is 1. The van der Waals surface area contributed by atoms with Crippen LogP contribution in [0.3, 0.4) is 0 Å². The first-order chi connectivity index (χ1) is 9.63. The minimum absolute atomic E-state index is 0. The van der Waals surface area contributed by atoms with Crippen molar-refractivity contribution in [2.75, 3.05) is 18.5 Å². The van der Waals surface area contributed by atoms with E-state index in [-0.39, 0.29) is 30.7 Å². The summed E-state index contributed by atoms with van der Waals surface area (Å²) in [6, 6.07) is 7.29. The van der Waals surface area contributed by atoms with Gasteiger partial charge in [0.1, 0.15) is 4.88 Å². The maximum absolute atomic E-state index is 11.7. The molecular formula is C14H17ClN2O3S. The minimum Gasteiger partial charge on any atom is -0.462 e. The molecule has 3 N–H and O–H groups in total. The number of nitrogens with two attached hydrogens (primary N) is 1. The molecule has 0 saturated heterocycles. The van der Waals surface area contributed by atoms with Crippen molar-refractivity contribution in [1.82, 2.24) is 0 Å². The number of nitrogens with one attached hydrogen (secondary N) is 1. The van der Waals surface area contributed by atoms with Gasteiger partial charge in [-0.2, -0.15) is 0 Å². The molecule has 0 fully saturated rings. The molecule has 5 nitrogen and oxygen atoms in total. The van der Waals surface area contributed by atoms with Gasteiger partial charge in [0, 0.05) is 23.4 Å². The zero-order valence-electron chi connectivity index (χ0n) is 11.5. The number of amides is 1. The maximum atomic E-state index is 11.7. The average Bonchev–Trinajstić information content (AvgIpc) is 2.82. The van der Waals surface area contributed by atoms with Gasteiger partial charge in [-0.3, -0.25) is 4.79 Å². The molecule has 1 amide bonds. The fourth-order valence-electron chi connectivity index (χ4n) is 1.78. The first-order valence-electron chi connectivity index (χ1n) is 6.34. The highest BCUT2D eigenvalue weighted by Gasteiger charge is 2.11. The number of ether oxygens (including phenoxy) is 1. The standard InChI is InChI=1S/C14H16N2O3S.ClH/c1-2-19-14(18)12-8-9-7-10(3-4-11(9)20-12)16-13(17)5-6-15;/h3-4,7-8H,2,5-6,15H2,1H3,(H,16,17);1H. The van der Waals surface area contributed by atoms with Crippen LogP contribution in [0.4, 0.5) is 5.69 Å². The molecule has 114 valence electrons. The maximum Gasteiger partial charge on any atom is 0.348 e. The monoisotopic (exact) mass is 328 g/mol. The second-order valence-corrected chi connectivity index (χ2v) is 5.25. The lowest BCUT2D eigenvalue weighted by molar-refractivity contribution is -0.116. The quantitative estimate of drug-likeness (QED) is 0.827. The Morgan fingerprint density at radius 1 is 1.33 bits per heavy atom. The molecular weight excluding hydrogens is 312 g/mol. The topological polar surface area (TPSA) is 81.4 Å². The van der Waals surface area contributed by atoms with Crippen LogP contribution < -0.4 is 11.1 Å². The largest absolute Gasteiger partial charge is 0.462 e. The third-order valence-corrected chi connectivity index (χ3v) is 3.74. The molecule has 0 aliphatic heterocycles. The van der Waals surface area contributed by atoms with Gasteiger partial charge in [-0.05, 0) is 36.6 Å². The molecule has 0 aliphatic carbocycles. The van der Waals surface area contributed by atoms with Gasteiger partial charge >= 0.3 is 5.97 Å². The van der Waals surface area contributed by atoms with Crippen molar-refractivity contribution in [2.24, 2.45) is 5.73 Å². The van der Waals surface area contributed by atoms with E-state index in [2.05, 4.69) is 5.32 Å². The highest BCUT2D eigenvalue weighted by Crippen LogP contribution is 2.28. The predicted molar refractivity (Wildman–Crippen MR) is 87.3 cm³/mol. The van der Waals surface area contributed by atoms with Crippen molar-refractivity contribution in [1.29, 1.82) is 0 Å². The van der Waals surface area contributed by atoms with E-state index in [1.807, 2.05) is 18.2 Å². The van der Waals surface area contributed by atoms with E-state index in [1.54, 1.807) is 13.0 Å². The summed E-state index contributed by atoms with van der Waals surface area (Å²) in [5.41, 5.74) is 6.03. The number of benzene rings is 1. The van der Waals surface area contributed by atoms with E-state index >= 15 is 0 Å². The van der Waals surface area contributed by atoms with Crippen LogP contribution in [0.1, 0.15) is 23.0 Å². The molecule has 0 spiro atoms. The molecule has 7 heteroatoms. The smallest absolute Gasteiger partial charge is 0.348 e. The fourth-order valence-corrected chi connectivity index (χ4v) is 2.72. The number of hydrogen-bond donors (Lipinski definition) is 2. The second kappa shape index (κ2) is 7.97. The van der Waals surface area contributed by atoms with Gasteiger partial charge in [0.25, 0.3) is 0 Å². The van der Waals surface area contributed by atoms with Gasteiger partial charge in [-0.25, -0.2) is 4.79 Å². The van der Waals surface area contributed by atoms with E-state index in [4.69, 9.17) is 10.5 Å². The van der Waals surface area contributed by atoms with Crippen molar-refractivity contribution in [3.05, 3.63) is 29.1 Å². The van der Waals surface area contributed by atoms with E-state index < -0.39 is 0 Å². The molecule has 0 unspecified atom stereocenters. The van der Waals surface area contributed by atoms with Crippen molar-refractivity contribution < 1.29 is 14.3 Å². The van der Waals surface area contributed by atoms with Crippen LogP contribution in [0.15, 0.2) is 24.3 Å². The van der Waals surface area contributed by atoms with Gasteiger partial charge < -0.3 is 15.8 Å². The number of halogens is 1. The Balaban J connectivity index is 0.00000220. The zero-order valence-corrected chi connectivity index (χ0v) is 13.2. The summed E-state index contributed by atoms with van der Waals surface area (Å²) in [5, 5.41) is 3.67. The molecule has 21 heavy (non-hydrogen) atoms. The van der Waals surface area contributed by atoms with Gasteiger partial charge in [-0.15, -0.1) is 23.7 Å². The summed E-state index contributed by atoms with van der Waals surface area (Å²) in [6.45, 7) is 2.45. The zero-order chi connectivity index (χ0) is 14.5. The highest BCUT2D eigenvalue weighted by atomic mass is 35.5. The Morgan fingerprint density at radius 2 is 2.10 bits per heavy atom. The summed E-state index contributed by atoms with van der Waals surface area (Å²) >= 11 is 1.38. The molecule has 0 aliphatic rings. The van der Waals surface area contributed by atoms with Gasteiger partial charge in [-0.1, -0.05) is 0 Å². The van der Waals surface area contributed by atoms with Crippen LogP contribution in [-0.2, 0) is 9.53 Å². The number of esters is 1. The van der Waals surface area contributed by atoms with Crippen molar-refractivity contribution >= 4 is 51.4 Å². The number of anilines is 1. The van der Waals surface area contributed by atoms with E-state index in [9.17, 15) is 9.59 Å². The van der Waals surface area contributed by atoms with E-state index in [0.717, 1.165) is 10.1 Å². The third kappa shape index (κ3) is 4.42. The van der Waals surface area contributed by atoms with Crippen LogP contribution in [0, 0.1) is 0 Å². The minimum atomic E-state index is -0.317. The summed E-state index contributed by atoms with van der Waals surface area (Å²) in [5.74, 6) is -0.435. The molecule has 0 saturated carbocycles. The lowest BCUT2D eigenvalue weighted by atomic mass is 10.2. The van der Waals surface area contributed by atoms with Gasteiger partial charge in [0.2, 0.25) is 5.91 Å². The Kier molecular flexibility index (Phi) is 6.61. The lowest BCUT2D eigenvalue weighted by Gasteiger charge is -2.03. The molecule has 2 rings (SSSR count). The highest BCUT2D eigenvalue weighted by molar-refractivity contribution is 7.20. The number of thiophene rings is 1. The molecule has 0 bridgehead atoms. The normalized spacial score (nSPS) is 10.0. The first-order valence-corrected chi connectivity index (χ1v) is 7.16. The van der Waals surface area contributed by atoms with Crippen molar-refractivity contribution in [3.8, 4) is 0 Å². The Labute approximate surface area is 132 Å². The molecule has 1 heterocycles. The number of carbonyl (C=O) groups is 2. The SMILES string of the molecule is CCOC(=O)c1cc2cc(NC(=O)CCN)ccc2s1.Cl. The number of carbonyl (C=O) groups excluding carboxylic acids is 2. The Hall–Kier alpha value is -1.63. The fraction of sp³-hybridized carbons (Fsp3) is 0.286. The number of rotatable bonds is 5. The van der Waals surface area contributed by atoms with Crippen LogP contribution >= 0.6 is 23.7 Å². The molecule has 1 aromatic heterocycles. The summed E-state index contributed by atoms with van der Waals surface area (Å²) in [7, 11) is 0. The lowest BCUT2D eigenvalue weighted by Crippen LogP contribution is -2.15. The van der Waals surface area contributed by atoms with Crippen molar-refractivity contribution in [3.63, 3.8) is 0 Å². The third-order valence-electron chi connectivity index (χ3n) is 2.65. The summed E-state index contributed by atoms with van der Waals surface area (Å²) in [6.07, 6.45) is 0.287. The first kappa shape index (κ1) is 17.4.